The smallest absolute Gasteiger partial charge is 0.256 e. The van der Waals surface area contributed by atoms with Crippen molar-refractivity contribution in [1.82, 2.24) is 24.2 Å². The van der Waals surface area contributed by atoms with Gasteiger partial charge in [-0.05, 0) is 24.3 Å². The third-order valence-corrected chi connectivity index (χ3v) is 3.32. The molecule has 6 heteroatoms. The molecule has 0 fully saturated rings. The fraction of sp³-hybridized carbons (Fsp3) is 0.200. The Hall–Kier alpha value is -2.76. The van der Waals surface area contributed by atoms with Crippen LogP contribution in [0.25, 0.3) is 5.82 Å². The van der Waals surface area contributed by atoms with Gasteiger partial charge in [0.15, 0.2) is 0 Å². The van der Waals surface area contributed by atoms with Crippen molar-refractivity contribution < 1.29 is 4.79 Å². The average molecular weight is 283 g/mol. The summed E-state index contributed by atoms with van der Waals surface area (Å²) < 4.78 is 5.60. The Kier molecular flexibility index (Phi) is 3.59. The second-order valence-corrected chi connectivity index (χ2v) is 4.77. The van der Waals surface area contributed by atoms with Crippen LogP contribution >= 0.6 is 0 Å². The molecule has 0 aliphatic heterocycles. The molecule has 3 aromatic rings. The predicted octanol–water partition coefficient (Wildman–Crippen LogP) is 1.44. The molecule has 1 N–H and O–H groups in total. The van der Waals surface area contributed by atoms with E-state index in [-0.39, 0.29) is 5.91 Å². The molecule has 0 atom stereocenters. The summed E-state index contributed by atoms with van der Waals surface area (Å²) in [7, 11) is 1.83. The van der Waals surface area contributed by atoms with Gasteiger partial charge in [0.2, 0.25) is 0 Å². The zero-order valence-electron chi connectivity index (χ0n) is 11.8. The quantitative estimate of drug-likeness (QED) is 0.770. The summed E-state index contributed by atoms with van der Waals surface area (Å²) in [5.41, 5.74) is 0.571. The topological polar surface area (TPSA) is 56.8 Å². The monoisotopic (exact) mass is 283 g/mol. The van der Waals surface area contributed by atoms with Gasteiger partial charge in [0, 0.05) is 44.9 Å². The van der Waals surface area contributed by atoms with Crippen LogP contribution in [0.5, 0.6) is 0 Å². The molecule has 1 amide bonds. The molecule has 0 saturated heterocycles. The van der Waals surface area contributed by atoms with E-state index in [1.54, 1.807) is 10.9 Å². The van der Waals surface area contributed by atoms with E-state index < -0.39 is 0 Å². The van der Waals surface area contributed by atoms with Crippen molar-refractivity contribution in [1.29, 1.82) is 0 Å². The van der Waals surface area contributed by atoms with E-state index >= 15 is 0 Å². The highest BCUT2D eigenvalue weighted by molar-refractivity contribution is 5.97. The summed E-state index contributed by atoms with van der Waals surface area (Å²) in [5.74, 6) is 0.650. The summed E-state index contributed by atoms with van der Waals surface area (Å²) >= 11 is 0. The number of amides is 1. The number of nitrogens with one attached hydrogen (secondary N) is 1. The molecule has 3 rings (SSSR count). The fourth-order valence-corrected chi connectivity index (χ4v) is 2.29. The van der Waals surface area contributed by atoms with Gasteiger partial charge in [0.05, 0.1) is 6.20 Å². The third-order valence-electron chi connectivity index (χ3n) is 3.32. The van der Waals surface area contributed by atoms with Crippen LogP contribution in [0.4, 0.5) is 0 Å². The average Bonchev–Trinajstić information content (AvgIpc) is 3.18. The molecule has 3 aromatic heterocycles. The largest absolute Gasteiger partial charge is 0.353 e. The lowest BCUT2D eigenvalue weighted by Crippen LogP contribution is -2.27. The molecule has 108 valence electrons. The molecule has 6 nitrogen and oxygen atoms in total. The maximum absolute atomic E-state index is 12.3. The zero-order valence-corrected chi connectivity index (χ0v) is 11.8. The van der Waals surface area contributed by atoms with Crippen molar-refractivity contribution in [3.8, 4) is 5.82 Å². The second-order valence-electron chi connectivity index (χ2n) is 4.77. The van der Waals surface area contributed by atoms with E-state index in [1.165, 1.54) is 0 Å². The van der Waals surface area contributed by atoms with Crippen LogP contribution in [-0.2, 0) is 13.6 Å². The zero-order chi connectivity index (χ0) is 14.7. The Labute approximate surface area is 122 Å². The molecule has 0 radical (unpaired) electrons. The van der Waals surface area contributed by atoms with Gasteiger partial charge in [-0.25, -0.2) is 0 Å². The normalized spacial score (nSPS) is 10.7. The van der Waals surface area contributed by atoms with E-state index in [2.05, 4.69) is 10.4 Å². The van der Waals surface area contributed by atoms with E-state index in [0.717, 1.165) is 12.4 Å². The highest BCUT2D eigenvalue weighted by Gasteiger charge is 2.16. The Morgan fingerprint density at radius 3 is 2.52 bits per heavy atom. The maximum atomic E-state index is 12.3. The van der Waals surface area contributed by atoms with Crippen molar-refractivity contribution >= 4 is 5.91 Å². The Morgan fingerprint density at radius 1 is 1.14 bits per heavy atom. The standard InChI is InChI=1S/C15H17N5O/c1-18-15(20-9-4-5-10-20)13(12-17-18)14(21)16-6-11-19-7-2-3-8-19/h2-5,7-10,12H,6,11H2,1H3,(H,16,21). The molecule has 0 aliphatic carbocycles. The van der Waals surface area contributed by atoms with Gasteiger partial charge in [-0.15, -0.1) is 0 Å². The molecule has 0 aromatic carbocycles. The Morgan fingerprint density at radius 2 is 1.81 bits per heavy atom. The van der Waals surface area contributed by atoms with Gasteiger partial charge in [0.25, 0.3) is 5.91 Å². The SMILES string of the molecule is Cn1ncc(C(=O)NCCn2cccc2)c1-n1cccc1. The minimum atomic E-state index is -0.112. The van der Waals surface area contributed by atoms with Crippen LogP contribution in [-0.4, -0.2) is 31.4 Å². The molecular weight excluding hydrogens is 266 g/mol. The Balaban J connectivity index is 1.70. The lowest BCUT2D eigenvalue weighted by Gasteiger charge is -2.08. The van der Waals surface area contributed by atoms with Gasteiger partial charge in [-0.3, -0.25) is 9.48 Å². The summed E-state index contributed by atoms with van der Waals surface area (Å²) in [6, 6.07) is 7.77. The Bertz CT molecular complexity index is 709. The number of carbonyl (C=O) groups excluding carboxylic acids is 1. The molecule has 0 aliphatic rings. The lowest BCUT2D eigenvalue weighted by molar-refractivity contribution is 0.0952. The number of nitrogens with zero attached hydrogens (tertiary/aromatic N) is 4. The molecule has 21 heavy (non-hydrogen) atoms. The van der Waals surface area contributed by atoms with Gasteiger partial charge < -0.3 is 14.5 Å². The number of carbonyl (C=O) groups is 1. The highest BCUT2D eigenvalue weighted by Crippen LogP contribution is 2.13. The molecule has 0 unspecified atom stereocenters. The first kappa shape index (κ1) is 13.2. The maximum Gasteiger partial charge on any atom is 0.256 e. The van der Waals surface area contributed by atoms with Gasteiger partial charge in [0.1, 0.15) is 11.4 Å². The number of hydrogen-bond acceptors (Lipinski definition) is 2. The van der Waals surface area contributed by atoms with Crippen LogP contribution in [0.3, 0.4) is 0 Å². The second kappa shape index (κ2) is 5.70. The molecule has 0 saturated carbocycles. The number of aromatic nitrogens is 4. The van der Waals surface area contributed by atoms with Gasteiger partial charge in [-0.1, -0.05) is 0 Å². The highest BCUT2D eigenvalue weighted by atomic mass is 16.1. The van der Waals surface area contributed by atoms with E-state index in [0.29, 0.717) is 12.1 Å². The third kappa shape index (κ3) is 2.74. The first-order valence-corrected chi connectivity index (χ1v) is 6.80. The van der Waals surface area contributed by atoms with E-state index in [9.17, 15) is 4.79 Å². The van der Waals surface area contributed by atoms with Crippen molar-refractivity contribution in [2.45, 2.75) is 6.54 Å². The minimum Gasteiger partial charge on any atom is -0.353 e. The summed E-state index contributed by atoms with van der Waals surface area (Å²) in [6.45, 7) is 1.32. The summed E-state index contributed by atoms with van der Waals surface area (Å²) in [6.07, 6.45) is 9.34. The molecule has 0 spiro atoms. The van der Waals surface area contributed by atoms with Gasteiger partial charge in [-0.2, -0.15) is 5.10 Å². The van der Waals surface area contributed by atoms with Crippen molar-refractivity contribution in [2.75, 3.05) is 6.54 Å². The lowest BCUT2D eigenvalue weighted by atomic mass is 10.3. The van der Waals surface area contributed by atoms with Gasteiger partial charge >= 0.3 is 0 Å². The first-order valence-electron chi connectivity index (χ1n) is 6.80. The fourth-order valence-electron chi connectivity index (χ4n) is 2.29. The van der Waals surface area contributed by atoms with Crippen LogP contribution in [0.1, 0.15) is 10.4 Å². The van der Waals surface area contributed by atoms with Crippen LogP contribution < -0.4 is 5.32 Å². The summed E-state index contributed by atoms with van der Waals surface area (Å²) in [5, 5.41) is 7.11. The minimum absolute atomic E-state index is 0.112. The number of rotatable bonds is 5. The van der Waals surface area contributed by atoms with Crippen LogP contribution in [0.2, 0.25) is 0 Å². The predicted molar refractivity (Wildman–Crippen MR) is 79.3 cm³/mol. The van der Waals surface area contributed by atoms with Crippen LogP contribution in [0, 0.1) is 0 Å². The van der Waals surface area contributed by atoms with E-state index in [4.69, 9.17) is 0 Å². The van der Waals surface area contributed by atoms with E-state index in [1.807, 2.05) is 65.2 Å². The number of hydrogen-bond donors (Lipinski definition) is 1. The molecule has 0 bridgehead atoms. The van der Waals surface area contributed by atoms with Crippen molar-refractivity contribution in [3.05, 3.63) is 60.8 Å². The molecule has 3 heterocycles. The molecular formula is C15H17N5O. The first-order chi connectivity index (χ1) is 10.3. The van der Waals surface area contributed by atoms with Crippen molar-refractivity contribution in [3.63, 3.8) is 0 Å². The van der Waals surface area contributed by atoms with Crippen LogP contribution in [0.15, 0.2) is 55.2 Å². The van der Waals surface area contributed by atoms with Crippen molar-refractivity contribution in [2.24, 2.45) is 7.05 Å². The number of aryl methyl sites for hydroxylation is 1. The summed E-state index contributed by atoms with van der Waals surface area (Å²) in [4.78, 5) is 12.3.